The summed E-state index contributed by atoms with van der Waals surface area (Å²) in [5.41, 5.74) is 1.52. The Morgan fingerprint density at radius 3 is 2.40 bits per heavy atom. The first-order valence-electron chi connectivity index (χ1n) is 4.45. The number of benzene rings is 1. The molecule has 0 spiro atoms. The van der Waals surface area contributed by atoms with Crippen molar-refractivity contribution in [3.05, 3.63) is 41.5 Å². The first-order chi connectivity index (χ1) is 7.20. The van der Waals surface area contributed by atoms with Gasteiger partial charge in [-0.05, 0) is 18.1 Å². The molecule has 1 aromatic carbocycles. The SMILES string of the molecule is COC(=O)/C(C#N)=C(\C)c1ccccc1. The summed E-state index contributed by atoms with van der Waals surface area (Å²) in [6, 6.07) is 11.1. The molecule has 1 rings (SSSR count). The number of allylic oxidation sites excluding steroid dienone is 1. The van der Waals surface area contributed by atoms with Gasteiger partial charge in [0.05, 0.1) is 7.11 Å². The van der Waals surface area contributed by atoms with Gasteiger partial charge in [-0.2, -0.15) is 5.26 Å². The zero-order chi connectivity index (χ0) is 11.3. The van der Waals surface area contributed by atoms with E-state index in [-0.39, 0.29) is 5.57 Å². The van der Waals surface area contributed by atoms with Crippen molar-refractivity contribution in [2.75, 3.05) is 7.11 Å². The van der Waals surface area contributed by atoms with E-state index < -0.39 is 5.97 Å². The number of methoxy groups -OCH3 is 1. The van der Waals surface area contributed by atoms with Crippen LogP contribution in [-0.2, 0) is 9.53 Å². The second-order valence-corrected chi connectivity index (χ2v) is 2.97. The molecule has 0 unspecified atom stereocenters. The highest BCUT2D eigenvalue weighted by molar-refractivity contribution is 6.01. The molecule has 1 aromatic rings. The van der Waals surface area contributed by atoms with Crippen molar-refractivity contribution in [3.8, 4) is 6.07 Å². The highest BCUT2D eigenvalue weighted by Gasteiger charge is 2.13. The maximum Gasteiger partial charge on any atom is 0.348 e. The summed E-state index contributed by atoms with van der Waals surface area (Å²) in [6.45, 7) is 1.73. The van der Waals surface area contributed by atoms with E-state index in [0.29, 0.717) is 5.57 Å². The smallest absolute Gasteiger partial charge is 0.348 e. The average molecular weight is 201 g/mol. The minimum atomic E-state index is -0.598. The molecule has 0 saturated carbocycles. The number of esters is 1. The normalized spacial score (nSPS) is 11.3. The van der Waals surface area contributed by atoms with Crippen LogP contribution in [0.1, 0.15) is 12.5 Å². The van der Waals surface area contributed by atoms with E-state index in [1.54, 1.807) is 6.92 Å². The average Bonchev–Trinajstić information content (AvgIpc) is 2.30. The molecule has 0 atom stereocenters. The van der Waals surface area contributed by atoms with Gasteiger partial charge in [0, 0.05) is 0 Å². The Morgan fingerprint density at radius 1 is 1.33 bits per heavy atom. The van der Waals surface area contributed by atoms with Crippen LogP contribution >= 0.6 is 0 Å². The van der Waals surface area contributed by atoms with Crippen LogP contribution in [0.5, 0.6) is 0 Å². The fraction of sp³-hybridized carbons (Fsp3) is 0.167. The number of carbonyl (C=O) groups is 1. The summed E-state index contributed by atoms with van der Waals surface area (Å²) in [5, 5.41) is 8.85. The second kappa shape index (κ2) is 4.97. The lowest BCUT2D eigenvalue weighted by molar-refractivity contribution is -0.135. The summed E-state index contributed by atoms with van der Waals surface area (Å²) in [7, 11) is 1.26. The quantitative estimate of drug-likeness (QED) is 0.418. The maximum atomic E-state index is 11.3. The Labute approximate surface area is 88.6 Å². The molecular formula is C12H11NO2. The van der Waals surface area contributed by atoms with Gasteiger partial charge < -0.3 is 4.74 Å². The van der Waals surface area contributed by atoms with Gasteiger partial charge in [-0.3, -0.25) is 0 Å². The Bertz CT molecular complexity index is 427. The largest absolute Gasteiger partial charge is 0.465 e. The second-order valence-electron chi connectivity index (χ2n) is 2.97. The van der Waals surface area contributed by atoms with Gasteiger partial charge in [0.1, 0.15) is 11.6 Å². The molecule has 76 valence electrons. The van der Waals surface area contributed by atoms with Crippen molar-refractivity contribution in [2.24, 2.45) is 0 Å². The molecule has 0 bridgehead atoms. The van der Waals surface area contributed by atoms with Crippen LogP contribution in [0.4, 0.5) is 0 Å². The summed E-state index contributed by atoms with van der Waals surface area (Å²) in [4.78, 5) is 11.3. The van der Waals surface area contributed by atoms with E-state index in [9.17, 15) is 4.79 Å². The van der Waals surface area contributed by atoms with Crippen molar-refractivity contribution in [2.45, 2.75) is 6.92 Å². The Kier molecular flexibility index (Phi) is 3.64. The molecule has 0 aliphatic heterocycles. The Balaban J connectivity index is 3.20. The van der Waals surface area contributed by atoms with Crippen LogP contribution < -0.4 is 0 Å². The van der Waals surface area contributed by atoms with Crippen molar-refractivity contribution in [3.63, 3.8) is 0 Å². The summed E-state index contributed by atoms with van der Waals surface area (Å²) in [6.07, 6.45) is 0. The molecule has 0 fully saturated rings. The first-order valence-corrected chi connectivity index (χ1v) is 4.45. The summed E-state index contributed by atoms with van der Waals surface area (Å²) in [5.74, 6) is -0.598. The van der Waals surface area contributed by atoms with E-state index in [1.165, 1.54) is 7.11 Å². The molecule has 0 radical (unpaired) electrons. The molecule has 0 amide bonds. The van der Waals surface area contributed by atoms with Crippen LogP contribution in [0.2, 0.25) is 0 Å². The van der Waals surface area contributed by atoms with Crippen molar-refractivity contribution >= 4 is 11.5 Å². The number of nitriles is 1. The predicted octanol–water partition coefficient (Wildman–Crippen LogP) is 2.16. The molecule has 0 saturated heterocycles. The van der Waals surface area contributed by atoms with Crippen molar-refractivity contribution in [1.29, 1.82) is 5.26 Å². The van der Waals surface area contributed by atoms with E-state index >= 15 is 0 Å². The minimum Gasteiger partial charge on any atom is -0.465 e. The lowest BCUT2D eigenvalue weighted by Gasteiger charge is -2.03. The molecule has 0 aliphatic carbocycles. The van der Waals surface area contributed by atoms with Gasteiger partial charge in [0.25, 0.3) is 0 Å². The fourth-order valence-corrected chi connectivity index (χ4v) is 1.22. The van der Waals surface area contributed by atoms with Gasteiger partial charge >= 0.3 is 5.97 Å². The molecule has 0 aliphatic rings. The molecule has 0 heterocycles. The van der Waals surface area contributed by atoms with E-state index in [1.807, 2.05) is 36.4 Å². The lowest BCUT2D eigenvalue weighted by atomic mass is 10.0. The third-order valence-electron chi connectivity index (χ3n) is 2.08. The zero-order valence-corrected chi connectivity index (χ0v) is 8.65. The van der Waals surface area contributed by atoms with Gasteiger partial charge in [0.15, 0.2) is 0 Å². The molecular weight excluding hydrogens is 190 g/mol. The lowest BCUT2D eigenvalue weighted by Crippen LogP contribution is -2.05. The Hall–Kier alpha value is -2.08. The molecule has 15 heavy (non-hydrogen) atoms. The number of hydrogen-bond donors (Lipinski definition) is 0. The predicted molar refractivity (Wildman–Crippen MR) is 56.7 cm³/mol. The molecule has 3 heteroatoms. The standard InChI is InChI=1S/C12H11NO2/c1-9(10-6-4-3-5-7-10)11(8-13)12(14)15-2/h3-7H,1-2H3/b11-9+. The van der Waals surface area contributed by atoms with Crippen LogP contribution in [0.15, 0.2) is 35.9 Å². The number of hydrogen-bond acceptors (Lipinski definition) is 3. The van der Waals surface area contributed by atoms with E-state index in [4.69, 9.17) is 5.26 Å². The molecule has 0 aromatic heterocycles. The molecule has 0 N–H and O–H groups in total. The molecule has 3 nitrogen and oxygen atoms in total. The zero-order valence-electron chi connectivity index (χ0n) is 8.65. The summed E-state index contributed by atoms with van der Waals surface area (Å²) < 4.78 is 4.53. The highest BCUT2D eigenvalue weighted by Crippen LogP contribution is 2.18. The highest BCUT2D eigenvalue weighted by atomic mass is 16.5. The topological polar surface area (TPSA) is 50.1 Å². The van der Waals surface area contributed by atoms with Crippen LogP contribution in [-0.4, -0.2) is 13.1 Å². The van der Waals surface area contributed by atoms with E-state index in [0.717, 1.165) is 5.56 Å². The van der Waals surface area contributed by atoms with E-state index in [2.05, 4.69) is 4.74 Å². The first kappa shape index (κ1) is 11.0. The van der Waals surface area contributed by atoms with Gasteiger partial charge in [-0.25, -0.2) is 4.79 Å². The Morgan fingerprint density at radius 2 is 1.93 bits per heavy atom. The number of rotatable bonds is 2. The third kappa shape index (κ3) is 2.44. The third-order valence-corrected chi connectivity index (χ3v) is 2.08. The van der Waals surface area contributed by atoms with Gasteiger partial charge in [-0.1, -0.05) is 30.3 Å². The number of carbonyl (C=O) groups excluding carboxylic acids is 1. The number of ether oxygens (including phenoxy) is 1. The van der Waals surface area contributed by atoms with Crippen LogP contribution in [0.25, 0.3) is 5.57 Å². The van der Waals surface area contributed by atoms with Crippen molar-refractivity contribution < 1.29 is 9.53 Å². The van der Waals surface area contributed by atoms with Crippen LogP contribution in [0.3, 0.4) is 0 Å². The minimum absolute atomic E-state index is 0.0451. The van der Waals surface area contributed by atoms with Crippen LogP contribution in [0, 0.1) is 11.3 Å². The number of nitrogens with zero attached hydrogens (tertiary/aromatic N) is 1. The van der Waals surface area contributed by atoms with Gasteiger partial charge in [0.2, 0.25) is 0 Å². The monoisotopic (exact) mass is 201 g/mol. The van der Waals surface area contributed by atoms with Crippen molar-refractivity contribution in [1.82, 2.24) is 0 Å². The van der Waals surface area contributed by atoms with Gasteiger partial charge in [-0.15, -0.1) is 0 Å². The maximum absolute atomic E-state index is 11.3. The summed E-state index contributed by atoms with van der Waals surface area (Å²) >= 11 is 0. The fourth-order valence-electron chi connectivity index (χ4n) is 1.22.